The number of rotatable bonds is 11. The minimum atomic E-state index is 0. The molecule has 0 amide bonds. The molecule has 2 aromatic rings. The summed E-state index contributed by atoms with van der Waals surface area (Å²) in [5, 5.41) is 6.70. The molecule has 6 nitrogen and oxygen atoms in total. The molecule has 0 aliphatic rings. The smallest absolute Gasteiger partial charge is 0.191 e. The first kappa shape index (κ1) is 26.0. The van der Waals surface area contributed by atoms with E-state index in [-0.39, 0.29) is 24.0 Å². The van der Waals surface area contributed by atoms with Gasteiger partial charge in [-0.3, -0.25) is 4.99 Å². The van der Waals surface area contributed by atoms with Crippen LogP contribution < -0.4 is 20.1 Å². The van der Waals surface area contributed by atoms with Crippen molar-refractivity contribution in [1.29, 1.82) is 0 Å². The number of benzene rings is 2. The quantitative estimate of drug-likeness (QED) is 0.264. The number of nitrogens with one attached hydrogen (secondary N) is 2. The molecule has 0 fully saturated rings. The number of hydrogen-bond donors (Lipinski definition) is 2. The fraction of sp³-hybridized carbons (Fsp3) is 0.435. The van der Waals surface area contributed by atoms with Gasteiger partial charge in [0.25, 0.3) is 0 Å². The number of aliphatic imine (C=N–C) groups is 1. The Bertz CT molecular complexity index is 766. The van der Waals surface area contributed by atoms with Crippen LogP contribution in [-0.2, 0) is 13.1 Å². The van der Waals surface area contributed by atoms with Crippen LogP contribution in [-0.4, -0.2) is 51.3 Å². The summed E-state index contributed by atoms with van der Waals surface area (Å²) in [7, 11) is 3.45. The second-order valence-electron chi connectivity index (χ2n) is 6.57. The van der Waals surface area contributed by atoms with Crippen molar-refractivity contribution in [2.45, 2.75) is 26.9 Å². The molecule has 166 valence electrons. The highest BCUT2D eigenvalue weighted by Gasteiger charge is 2.07. The Labute approximate surface area is 198 Å². The summed E-state index contributed by atoms with van der Waals surface area (Å²) >= 11 is 0. The van der Waals surface area contributed by atoms with E-state index in [4.69, 9.17) is 9.47 Å². The van der Waals surface area contributed by atoms with Gasteiger partial charge in [-0.05, 0) is 25.2 Å². The zero-order valence-electron chi connectivity index (χ0n) is 18.5. The third-order valence-corrected chi connectivity index (χ3v) is 4.84. The molecule has 2 N–H and O–H groups in total. The minimum Gasteiger partial charge on any atom is -0.496 e. The number of nitrogens with zero attached hydrogens (tertiary/aromatic N) is 2. The molecule has 0 spiro atoms. The van der Waals surface area contributed by atoms with Crippen LogP contribution in [0.1, 0.15) is 25.0 Å². The Balaban J connectivity index is 0.00000450. The second-order valence-corrected chi connectivity index (χ2v) is 6.57. The lowest BCUT2D eigenvalue weighted by atomic mass is 10.2. The van der Waals surface area contributed by atoms with Crippen molar-refractivity contribution in [2.24, 2.45) is 4.99 Å². The van der Waals surface area contributed by atoms with Crippen LogP contribution in [0.15, 0.2) is 53.5 Å². The number of guanidine groups is 1. The zero-order chi connectivity index (χ0) is 20.9. The molecule has 2 aromatic carbocycles. The van der Waals surface area contributed by atoms with Gasteiger partial charge in [-0.1, -0.05) is 50.2 Å². The van der Waals surface area contributed by atoms with Crippen LogP contribution >= 0.6 is 24.0 Å². The van der Waals surface area contributed by atoms with Crippen LogP contribution in [0, 0.1) is 0 Å². The lowest BCUT2D eigenvalue weighted by Gasteiger charge is -2.19. The molecular formula is C23H35IN4O2. The number of hydrogen-bond acceptors (Lipinski definition) is 4. The van der Waals surface area contributed by atoms with E-state index in [9.17, 15) is 0 Å². The highest BCUT2D eigenvalue weighted by molar-refractivity contribution is 14.0. The molecule has 0 aliphatic heterocycles. The van der Waals surface area contributed by atoms with Gasteiger partial charge < -0.3 is 25.0 Å². The molecule has 0 unspecified atom stereocenters. The average molecular weight is 526 g/mol. The van der Waals surface area contributed by atoms with E-state index in [1.54, 1.807) is 14.2 Å². The molecular weight excluding hydrogens is 491 g/mol. The number of methoxy groups -OCH3 is 1. The molecule has 0 saturated heterocycles. The van der Waals surface area contributed by atoms with Crippen molar-refractivity contribution in [3.05, 3.63) is 59.7 Å². The van der Waals surface area contributed by atoms with Gasteiger partial charge in [-0.25, -0.2) is 0 Å². The first-order valence-corrected chi connectivity index (χ1v) is 10.2. The predicted octanol–water partition coefficient (Wildman–Crippen LogP) is 3.90. The van der Waals surface area contributed by atoms with Gasteiger partial charge in [-0.2, -0.15) is 0 Å². The van der Waals surface area contributed by atoms with Crippen LogP contribution in [0.2, 0.25) is 0 Å². The maximum atomic E-state index is 6.04. The first-order valence-electron chi connectivity index (χ1n) is 10.2. The topological polar surface area (TPSA) is 58.1 Å². The Hall–Kier alpha value is -2.00. The summed E-state index contributed by atoms with van der Waals surface area (Å²) in [6.07, 6.45) is 0. The van der Waals surface area contributed by atoms with E-state index >= 15 is 0 Å². The van der Waals surface area contributed by atoms with E-state index in [0.717, 1.165) is 48.2 Å². The fourth-order valence-corrected chi connectivity index (χ4v) is 3.04. The number of halogens is 1. The van der Waals surface area contributed by atoms with E-state index in [0.29, 0.717) is 19.7 Å². The van der Waals surface area contributed by atoms with Crippen molar-refractivity contribution in [1.82, 2.24) is 15.5 Å². The van der Waals surface area contributed by atoms with Gasteiger partial charge in [0.05, 0.1) is 7.11 Å². The normalized spacial score (nSPS) is 11.0. The van der Waals surface area contributed by atoms with Gasteiger partial charge in [0.15, 0.2) is 5.96 Å². The van der Waals surface area contributed by atoms with Gasteiger partial charge in [0, 0.05) is 37.8 Å². The van der Waals surface area contributed by atoms with Crippen LogP contribution in [0.3, 0.4) is 0 Å². The number of para-hydroxylation sites is 2. The molecule has 0 atom stereocenters. The standard InChI is InChI=1S/C23H34N4O2.HI/c1-5-27(6-2)15-16-29-22-14-10-8-12-20(22)18-26-23(24-3)25-17-19-11-7-9-13-21(19)28-4;/h7-14H,5-6,15-18H2,1-4H3,(H2,24,25,26);1H. The zero-order valence-corrected chi connectivity index (χ0v) is 20.8. The lowest BCUT2D eigenvalue weighted by Crippen LogP contribution is -2.36. The Morgan fingerprint density at radius 3 is 1.97 bits per heavy atom. The monoisotopic (exact) mass is 526 g/mol. The predicted molar refractivity (Wildman–Crippen MR) is 135 cm³/mol. The van der Waals surface area contributed by atoms with Crippen molar-refractivity contribution in [3.8, 4) is 11.5 Å². The highest BCUT2D eigenvalue weighted by Crippen LogP contribution is 2.18. The van der Waals surface area contributed by atoms with Crippen LogP contribution in [0.5, 0.6) is 11.5 Å². The van der Waals surface area contributed by atoms with Gasteiger partial charge in [0.2, 0.25) is 0 Å². The SMILES string of the molecule is CCN(CC)CCOc1ccccc1CNC(=NC)NCc1ccccc1OC.I. The molecule has 0 aliphatic carbocycles. The summed E-state index contributed by atoms with van der Waals surface area (Å²) in [6, 6.07) is 16.1. The second kappa shape index (κ2) is 14.9. The molecule has 7 heteroatoms. The average Bonchev–Trinajstić information content (AvgIpc) is 2.77. The van der Waals surface area contributed by atoms with E-state index in [2.05, 4.69) is 40.4 Å². The van der Waals surface area contributed by atoms with Crippen molar-refractivity contribution in [3.63, 3.8) is 0 Å². The summed E-state index contributed by atoms with van der Waals surface area (Å²) in [5.41, 5.74) is 2.19. The van der Waals surface area contributed by atoms with E-state index in [1.807, 2.05) is 42.5 Å². The van der Waals surface area contributed by atoms with Crippen molar-refractivity contribution >= 4 is 29.9 Å². The maximum Gasteiger partial charge on any atom is 0.191 e. The Kier molecular flexibility index (Phi) is 12.9. The minimum absolute atomic E-state index is 0. The maximum absolute atomic E-state index is 6.04. The summed E-state index contributed by atoms with van der Waals surface area (Å²) < 4.78 is 11.4. The molecule has 0 bridgehead atoms. The Morgan fingerprint density at radius 2 is 1.43 bits per heavy atom. The van der Waals surface area contributed by atoms with Gasteiger partial charge >= 0.3 is 0 Å². The van der Waals surface area contributed by atoms with Gasteiger partial charge in [-0.15, -0.1) is 24.0 Å². The molecule has 0 radical (unpaired) electrons. The largest absolute Gasteiger partial charge is 0.496 e. The number of likely N-dealkylation sites (N-methyl/N-ethyl adjacent to an activating group) is 1. The third-order valence-electron chi connectivity index (χ3n) is 4.84. The summed E-state index contributed by atoms with van der Waals surface area (Å²) in [5.74, 6) is 2.50. The summed E-state index contributed by atoms with van der Waals surface area (Å²) in [6.45, 7) is 9.29. The van der Waals surface area contributed by atoms with Crippen molar-refractivity contribution in [2.75, 3.05) is 40.4 Å². The third kappa shape index (κ3) is 8.39. The molecule has 2 rings (SSSR count). The van der Waals surface area contributed by atoms with Gasteiger partial charge in [0.1, 0.15) is 18.1 Å². The molecule has 0 heterocycles. The lowest BCUT2D eigenvalue weighted by molar-refractivity contribution is 0.221. The van der Waals surface area contributed by atoms with Crippen molar-refractivity contribution < 1.29 is 9.47 Å². The highest BCUT2D eigenvalue weighted by atomic mass is 127. The van der Waals surface area contributed by atoms with E-state index in [1.165, 1.54) is 0 Å². The molecule has 0 aromatic heterocycles. The van der Waals surface area contributed by atoms with Crippen LogP contribution in [0.4, 0.5) is 0 Å². The summed E-state index contributed by atoms with van der Waals surface area (Å²) in [4.78, 5) is 6.67. The first-order chi connectivity index (χ1) is 14.2. The fourth-order valence-electron chi connectivity index (χ4n) is 3.04. The molecule has 0 saturated carbocycles. The van der Waals surface area contributed by atoms with Crippen LogP contribution in [0.25, 0.3) is 0 Å². The number of ether oxygens (including phenoxy) is 2. The molecule has 30 heavy (non-hydrogen) atoms. The van der Waals surface area contributed by atoms with E-state index < -0.39 is 0 Å². The Morgan fingerprint density at radius 1 is 0.900 bits per heavy atom.